The van der Waals surface area contributed by atoms with Crippen LogP contribution in [0.25, 0.3) is 0 Å². The van der Waals surface area contributed by atoms with Gasteiger partial charge >= 0.3 is 6.03 Å². The van der Waals surface area contributed by atoms with E-state index < -0.39 is 6.10 Å². The molecular weight excluding hydrogens is 278 g/mol. The molecule has 1 aromatic rings. The number of carbonyl (C=O) groups is 1. The Morgan fingerprint density at radius 3 is 2.41 bits per heavy atom. The molecule has 0 radical (unpaired) electrons. The number of aliphatic hydroxyl groups excluding tert-OH is 1. The molecule has 1 rings (SSSR count). The Morgan fingerprint density at radius 2 is 1.95 bits per heavy atom. The topological polar surface area (TPSA) is 65.5 Å². The van der Waals surface area contributed by atoms with Gasteiger partial charge in [0.2, 0.25) is 0 Å². The van der Waals surface area contributed by atoms with Crippen molar-refractivity contribution in [1.29, 1.82) is 0 Å². The zero-order valence-electron chi connectivity index (χ0n) is 14.5. The summed E-state index contributed by atoms with van der Waals surface area (Å²) in [6.45, 7) is 12.0. The first-order valence-electron chi connectivity index (χ1n) is 7.90. The Balaban J connectivity index is 2.95. The van der Waals surface area contributed by atoms with E-state index in [1.807, 2.05) is 32.9 Å². The number of aromatic nitrogens is 1. The fraction of sp³-hybridized carbons (Fsp3) is 0.647. The van der Waals surface area contributed by atoms with Crippen molar-refractivity contribution in [1.82, 2.24) is 15.2 Å². The maximum atomic E-state index is 12.6. The van der Waals surface area contributed by atoms with Crippen LogP contribution in [0.5, 0.6) is 0 Å². The van der Waals surface area contributed by atoms with E-state index in [0.29, 0.717) is 6.54 Å². The molecule has 2 atom stereocenters. The predicted molar refractivity (Wildman–Crippen MR) is 88.6 cm³/mol. The average Bonchev–Trinajstić information content (AvgIpc) is 2.42. The Kier molecular flexibility index (Phi) is 6.81. The third-order valence-corrected chi connectivity index (χ3v) is 3.64. The van der Waals surface area contributed by atoms with E-state index in [-0.39, 0.29) is 24.0 Å². The Bertz CT molecular complexity index is 487. The summed E-state index contributed by atoms with van der Waals surface area (Å²) in [6, 6.07) is 3.60. The number of urea groups is 1. The van der Waals surface area contributed by atoms with Crippen molar-refractivity contribution in [2.24, 2.45) is 5.92 Å². The summed E-state index contributed by atoms with van der Waals surface area (Å²) in [5.74, 6) is 0.220. The lowest BCUT2D eigenvalue weighted by Crippen LogP contribution is -2.48. The smallest absolute Gasteiger partial charge is 0.318 e. The summed E-state index contributed by atoms with van der Waals surface area (Å²) in [4.78, 5) is 18.7. The SMILES string of the molecule is Cc1cccnc1C(NC(=O)N(CC(C)O)C(C)C)C(C)C. The number of hydrogen-bond donors (Lipinski definition) is 2. The van der Waals surface area contributed by atoms with Gasteiger partial charge in [0.25, 0.3) is 0 Å². The van der Waals surface area contributed by atoms with Gasteiger partial charge in [0, 0.05) is 18.8 Å². The first-order valence-corrected chi connectivity index (χ1v) is 7.90. The molecule has 5 heteroatoms. The van der Waals surface area contributed by atoms with Crippen molar-refractivity contribution in [2.75, 3.05) is 6.54 Å². The van der Waals surface area contributed by atoms with E-state index in [4.69, 9.17) is 0 Å². The Morgan fingerprint density at radius 1 is 1.32 bits per heavy atom. The van der Waals surface area contributed by atoms with Crippen LogP contribution in [0.1, 0.15) is 51.9 Å². The van der Waals surface area contributed by atoms with Gasteiger partial charge < -0.3 is 15.3 Å². The van der Waals surface area contributed by atoms with E-state index in [2.05, 4.69) is 24.1 Å². The summed E-state index contributed by atoms with van der Waals surface area (Å²) in [7, 11) is 0. The van der Waals surface area contributed by atoms with Crippen molar-refractivity contribution in [3.05, 3.63) is 29.6 Å². The van der Waals surface area contributed by atoms with Crippen LogP contribution in [0.4, 0.5) is 4.79 Å². The minimum atomic E-state index is -0.553. The molecule has 0 saturated heterocycles. The third-order valence-electron chi connectivity index (χ3n) is 3.64. The van der Waals surface area contributed by atoms with Gasteiger partial charge in [-0.1, -0.05) is 19.9 Å². The number of rotatable bonds is 6. The number of nitrogens with one attached hydrogen (secondary N) is 1. The number of aliphatic hydroxyl groups is 1. The molecule has 0 aliphatic carbocycles. The van der Waals surface area contributed by atoms with Crippen molar-refractivity contribution < 1.29 is 9.90 Å². The highest BCUT2D eigenvalue weighted by molar-refractivity contribution is 5.75. The van der Waals surface area contributed by atoms with Crippen LogP contribution in [0.2, 0.25) is 0 Å². The molecule has 2 unspecified atom stereocenters. The van der Waals surface area contributed by atoms with Crippen LogP contribution >= 0.6 is 0 Å². The molecule has 124 valence electrons. The molecular formula is C17H29N3O2. The summed E-state index contributed by atoms with van der Waals surface area (Å²) in [5, 5.41) is 12.7. The zero-order chi connectivity index (χ0) is 16.9. The highest BCUT2D eigenvalue weighted by atomic mass is 16.3. The molecule has 1 heterocycles. The van der Waals surface area contributed by atoms with Crippen LogP contribution in [0, 0.1) is 12.8 Å². The first-order chi connectivity index (χ1) is 10.2. The fourth-order valence-corrected chi connectivity index (χ4v) is 2.40. The summed E-state index contributed by atoms with van der Waals surface area (Å²) in [5.41, 5.74) is 1.96. The van der Waals surface area contributed by atoms with Crippen molar-refractivity contribution in [2.45, 2.75) is 59.7 Å². The summed E-state index contributed by atoms with van der Waals surface area (Å²) >= 11 is 0. The van der Waals surface area contributed by atoms with E-state index in [1.165, 1.54) is 0 Å². The lowest BCUT2D eigenvalue weighted by molar-refractivity contribution is 0.116. The molecule has 0 aromatic carbocycles. The third kappa shape index (κ3) is 4.98. The van der Waals surface area contributed by atoms with Gasteiger partial charge in [0.15, 0.2) is 0 Å². The van der Waals surface area contributed by atoms with Crippen LogP contribution in [0.15, 0.2) is 18.3 Å². The molecule has 5 nitrogen and oxygen atoms in total. The molecule has 0 aliphatic rings. The number of nitrogens with zero attached hydrogens (tertiary/aromatic N) is 2. The largest absolute Gasteiger partial charge is 0.392 e. The highest BCUT2D eigenvalue weighted by Gasteiger charge is 2.25. The fourth-order valence-electron chi connectivity index (χ4n) is 2.40. The standard InChI is InChI=1S/C17H29N3O2/c1-11(2)15(16-13(5)8-7-9-18-16)19-17(22)20(12(3)4)10-14(6)21/h7-9,11-12,14-15,21H,10H2,1-6H3,(H,19,22). The molecule has 2 amide bonds. The van der Waals surface area contributed by atoms with Crippen LogP contribution in [-0.2, 0) is 0 Å². The van der Waals surface area contributed by atoms with Gasteiger partial charge in [0.1, 0.15) is 0 Å². The highest BCUT2D eigenvalue weighted by Crippen LogP contribution is 2.23. The molecule has 0 saturated carbocycles. The van der Waals surface area contributed by atoms with Crippen LogP contribution < -0.4 is 5.32 Å². The monoisotopic (exact) mass is 307 g/mol. The minimum Gasteiger partial charge on any atom is -0.392 e. The van der Waals surface area contributed by atoms with Gasteiger partial charge in [-0.2, -0.15) is 0 Å². The van der Waals surface area contributed by atoms with Crippen molar-refractivity contribution in [3.63, 3.8) is 0 Å². The Labute approximate surface area is 133 Å². The van der Waals surface area contributed by atoms with E-state index in [9.17, 15) is 9.90 Å². The molecule has 0 fully saturated rings. The van der Waals surface area contributed by atoms with E-state index in [1.54, 1.807) is 18.0 Å². The number of carbonyl (C=O) groups excluding carboxylic acids is 1. The minimum absolute atomic E-state index is 0.0206. The molecule has 0 aliphatic heterocycles. The second-order valence-electron chi connectivity index (χ2n) is 6.47. The molecule has 1 aromatic heterocycles. The summed E-state index contributed by atoms with van der Waals surface area (Å²) in [6.07, 6.45) is 1.20. The van der Waals surface area contributed by atoms with Crippen LogP contribution in [0.3, 0.4) is 0 Å². The lowest BCUT2D eigenvalue weighted by Gasteiger charge is -2.31. The average molecular weight is 307 g/mol. The van der Waals surface area contributed by atoms with Crippen molar-refractivity contribution in [3.8, 4) is 0 Å². The molecule has 0 bridgehead atoms. The van der Waals surface area contributed by atoms with Gasteiger partial charge in [-0.05, 0) is 45.2 Å². The van der Waals surface area contributed by atoms with Gasteiger partial charge in [0.05, 0.1) is 17.8 Å². The quantitative estimate of drug-likeness (QED) is 0.849. The summed E-state index contributed by atoms with van der Waals surface area (Å²) < 4.78 is 0. The van der Waals surface area contributed by atoms with E-state index in [0.717, 1.165) is 11.3 Å². The Hall–Kier alpha value is -1.62. The zero-order valence-corrected chi connectivity index (χ0v) is 14.5. The van der Waals surface area contributed by atoms with Gasteiger partial charge in [-0.3, -0.25) is 4.98 Å². The first kappa shape index (κ1) is 18.4. The number of hydrogen-bond acceptors (Lipinski definition) is 3. The maximum Gasteiger partial charge on any atom is 0.318 e. The van der Waals surface area contributed by atoms with Gasteiger partial charge in [-0.25, -0.2) is 4.79 Å². The second kappa shape index (κ2) is 8.13. The van der Waals surface area contributed by atoms with Gasteiger partial charge in [-0.15, -0.1) is 0 Å². The second-order valence-corrected chi connectivity index (χ2v) is 6.47. The van der Waals surface area contributed by atoms with E-state index >= 15 is 0 Å². The van der Waals surface area contributed by atoms with Crippen molar-refractivity contribution >= 4 is 6.03 Å². The number of amides is 2. The molecule has 0 spiro atoms. The number of aryl methyl sites for hydroxylation is 1. The lowest BCUT2D eigenvalue weighted by atomic mass is 9.97. The predicted octanol–water partition coefficient (Wildman–Crippen LogP) is 2.89. The molecule has 2 N–H and O–H groups in total. The number of pyridine rings is 1. The van der Waals surface area contributed by atoms with Crippen LogP contribution in [-0.4, -0.2) is 39.7 Å². The molecule has 22 heavy (non-hydrogen) atoms. The normalized spacial score (nSPS) is 14.0. The maximum absolute atomic E-state index is 12.6.